The molecule has 1 fully saturated rings. The molecule has 80 valence electrons. The topological polar surface area (TPSA) is 55.2 Å². The Labute approximate surface area is 87.7 Å². The summed E-state index contributed by atoms with van der Waals surface area (Å²) < 4.78 is 1.83. The first-order valence-corrected chi connectivity index (χ1v) is 4.87. The van der Waals surface area contributed by atoms with Crippen molar-refractivity contribution in [1.29, 1.82) is 0 Å². The minimum atomic E-state index is -0.313. The number of aromatic nitrogens is 2. The molecule has 0 bridgehead atoms. The number of aryl methyl sites for hydroxylation is 1. The molecule has 2 heterocycles. The molecule has 0 spiro atoms. The lowest BCUT2D eigenvalue weighted by Crippen LogP contribution is -2.63. The van der Waals surface area contributed by atoms with Crippen LogP contribution in [-0.4, -0.2) is 38.7 Å². The van der Waals surface area contributed by atoms with Crippen LogP contribution in [0.1, 0.15) is 12.6 Å². The van der Waals surface area contributed by atoms with Crippen LogP contribution in [-0.2, 0) is 23.1 Å². The number of hydrogen-bond acceptors (Lipinski definition) is 3. The third kappa shape index (κ3) is 1.54. The Balaban J connectivity index is 2.06. The minimum Gasteiger partial charge on any atom is -0.340 e. The highest BCUT2D eigenvalue weighted by Gasteiger charge is 2.43. The average molecular weight is 207 g/mol. The summed E-state index contributed by atoms with van der Waals surface area (Å²) in [6.07, 6.45) is 4.80. The number of Topliss-reactive ketones (excluding diaryl/α,β-unsaturated/α-hetero) is 1. The summed E-state index contributed by atoms with van der Waals surface area (Å²) >= 11 is 0. The summed E-state index contributed by atoms with van der Waals surface area (Å²) in [4.78, 5) is 27.9. The standard InChI is InChI=1S/C10H13N3O2/c1-7-10(15)9(13(7)6-14)3-8-4-12(2)5-11-8/h4-7,9H,3H2,1-2H3. The van der Waals surface area contributed by atoms with Gasteiger partial charge in [-0.1, -0.05) is 0 Å². The molecule has 1 saturated heterocycles. The van der Waals surface area contributed by atoms with Gasteiger partial charge in [0, 0.05) is 19.7 Å². The van der Waals surface area contributed by atoms with Gasteiger partial charge in [0.1, 0.15) is 0 Å². The number of rotatable bonds is 3. The molecule has 2 unspecified atom stereocenters. The van der Waals surface area contributed by atoms with Gasteiger partial charge in [0.2, 0.25) is 6.41 Å². The predicted octanol–water partition coefficient (Wildman–Crippen LogP) is -0.239. The molecule has 2 rings (SSSR count). The first kappa shape index (κ1) is 9.89. The molecule has 2 atom stereocenters. The number of imidazole rings is 1. The molecule has 0 aliphatic carbocycles. The van der Waals surface area contributed by atoms with E-state index in [1.807, 2.05) is 17.8 Å². The molecule has 1 amide bonds. The van der Waals surface area contributed by atoms with Gasteiger partial charge in [-0.15, -0.1) is 0 Å². The van der Waals surface area contributed by atoms with Gasteiger partial charge in [0.25, 0.3) is 0 Å². The van der Waals surface area contributed by atoms with Crippen molar-refractivity contribution >= 4 is 12.2 Å². The fourth-order valence-corrected chi connectivity index (χ4v) is 1.90. The molecule has 1 aliphatic heterocycles. The molecule has 5 heteroatoms. The second kappa shape index (κ2) is 3.49. The average Bonchev–Trinajstić information content (AvgIpc) is 2.63. The number of likely N-dealkylation sites (tertiary alicyclic amines) is 1. The summed E-state index contributed by atoms with van der Waals surface area (Å²) in [5.74, 6) is 0.118. The maximum Gasteiger partial charge on any atom is 0.210 e. The van der Waals surface area contributed by atoms with Gasteiger partial charge >= 0.3 is 0 Å². The van der Waals surface area contributed by atoms with Gasteiger partial charge in [0.15, 0.2) is 5.78 Å². The minimum absolute atomic E-state index is 0.118. The van der Waals surface area contributed by atoms with E-state index in [1.54, 1.807) is 13.3 Å². The Bertz CT molecular complexity index is 399. The maximum absolute atomic E-state index is 11.5. The quantitative estimate of drug-likeness (QED) is 0.643. The SMILES string of the molecule is CC1C(=O)C(Cc2cn(C)cn2)N1C=O. The van der Waals surface area contributed by atoms with Crippen LogP contribution in [0.2, 0.25) is 0 Å². The maximum atomic E-state index is 11.5. The monoisotopic (exact) mass is 207 g/mol. The van der Waals surface area contributed by atoms with Crippen LogP contribution in [0.25, 0.3) is 0 Å². The van der Waals surface area contributed by atoms with Gasteiger partial charge in [-0.05, 0) is 6.92 Å². The van der Waals surface area contributed by atoms with Crippen LogP contribution in [0, 0.1) is 0 Å². The van der Waals surface area contributed by atoms with Crippen LogP contribution in [0.15, 0.2) is 12.5 Å². The Morgan fingerprint density at radius 1 is 1.60 bits per heavy atom. The molecule has 1 aromatic rings. The van der Waals surface area contributed by atoms with Crippen molar-refractivity contribution in [3.63, 3.8) is 0 Å². The fraction of sp³-hybridized carbons (Fsp3) is 0.500. The first-order chi connectivity index (χ1) is 7.13. The van der Waals surface area contributed by atoms with Crippen molar-refractivity contribution in [3.05, 3.63) is 18.2 Å². The van der Waals surface area contributed by atoms with E-state index in [2.05, 4.69) is 4.98 Å². The van der Waals surface area contributed by atoms with E-state index in [1.165, 1.54) is 4.90 Å². The van der Waals surface area contributed by atoms with Crippen LogP contribution < -0.4 is 0 Å². The van der Waals surface area contributed by atoms with E-state index in [0.717, 1.165) is 12.1 Å². The highest BCUT2D eigenvalue weighted by atomic mass is 16.2. The van der Waals surface area contributed by atoms with Crippen molar-refractivity contribution in [3.8, 4) is 0 Å². The third-order valence-corrected chi connectivity index (χ3v) is 2.83. The van der Waals surface area contributed by atoms with E-state index in [-0.39, 0.29) is 17.9 Å². The Hall–Kier alpha value is -1.65. The zero-order chi connectivity index (χ0) is 11.0. The molecule has 0 radical (unpaired) electrons. The molecule has 0 N–H and O–H groups in total. The van der Waals surface area contributed by atoms with Gasteiger partial charge in [-0.2, -0.15) is 0 Å². The number of carbonyl (C=O) groups is 2. The predicted molar refractivity (Wildman–Crippen MR) is 53.1 cm³/mol. The highest BCUT2D eigenvalue weighted by molar-refractivity contribution is 5.98. The lowest BCUT2D eigenvalue weighted by Gasteiger charge is -2.42. The van der Waals surface area contributed by atoms with Crippen LogP contribution in [0.5, 0.6) is 0 Å². The molecule has 0 saturated carbocycles. The number of amides is 1. The Morgan fingerprint density at radius 2 is 2.33 bits per heavy atom. The highest BCUT2D eigenvalue weighted by Crippen LogP contribution is 2.22. The van der Waals surface area contributed by atoms with Gasteiger partial charge in [-0.25, -0.2) is 4.98 Å². The molecular formula is C10H13N3O2. The lowest BCUT2D eigenvalue weighted by molar-refractivity contribution is -0.151. The van der Waals surface area contributed by atoms with E-state index in [9.17, 15) is 9.59 Å². The van der Waals surface area contributed by atoms with Crippen LogP contribution >= 0.6 is 0 Å². The van der Waals surface area contributed by atoms with Gasteiger partial charge < -0.3 is 9.47 Å². The lowest BCUT2D eigenvalue weighted by atomic mass is 9.90. The summed E-state index contributed by atoms with van der Waals surface area (Å²) in [5.41, 5.74) is 0.842. The number of carbonyl (C=O) groups excluding carboxylic acids is 2. The van der Waals surface area contributed by atoms with Crippen molar-refractivity contribution < 1.29 is 9.59 Å². The molecule has 0 aromatic carbocycles. The molecule has 5 nitrogen and oxygen atoms in total. The van der Waals surface area contributed by atoms with E-state index < -0.39 is 0 Å². The van der Waals surface area contributed by atoms with Crippen LogP contribution in [0.3, 0.4) is 0 Å². The van der Waals surface area contributed by atoms with Crippen LogP contribution in [0.4, 0.5) is 0 Å². The number of nitrogens with zero attached hydrogens (tertiary/aromatic N) is 3. The summed E-state index contributed by atoms with van der Waals surface area (Å²) in [5, 5.41) is 0. The molecule has 1 aliphatic rings. The van der Waals surface area contributed by atoms with E-state index in [0.29, 0.717) is 6.42 Å². The number of ketones is 1. The molecule has 1 aromatic heterocycles. The van der Waals surface area contributed by atoms with E-state index >= 15 is 0 Å². The van der Waals surface area contributed by atoms with Crippen molar-refractivity contribution in [1.82, 2.24) is 14.5 Å². The van der Waals surface area contributed by atoms with E-state index in [4.69, 9.17) is 0 Å². The van der Waals surface area contributed by atoms with Crippen molar-refractivity contribution in [2.75, 3.05) is 0 Å². The van der Waals surface area contributed by atoms with Crippen molar-refractivity contribution in [2.45, 2.75) is 25.4 Å². The third-order valence-electron chi connectivity index (χ3n) is 2.83. The summed E-state index contributed by atoms with van der Waals surface area (Å²) in [6.45, 7) is 1.74. The Kier molecular flexibility index (Phi) is 2.30. The van der Waals surface area contributed by atoms with Gasteiger partial charge in [0.05, 0.1) is 24.1 Å². The molecule has 15 heavy (non-hydrogen) atoms. The zero-order valence-corrected chi connectivity index (χ0v) is 8.75. The van der Waals surface area contributed by atoms with Crippen molar-refractivity contribution in [2.24, 2.45) is 7.05 Å². The summed E-state index contributed by atoms with van der Waals surface area (Å²) in [6, 6.07) is -0.580. The fourth-order valence-electron chi connectivity index (χ4n) is 1.90. The zero-order valence-electron chi connectivity index (χ0n) is 8.75. The second-order valence-electron chi connectivity index (χ2n) is 3.88. The molecular weight excluding hydrogens is 194 g/mol. The smallest absolute Gasteiger partial charge is 0.210 e. The van der Waals surface area contributed by atoms with Gasteiger partial charge in [-0.3, -0.25) is 9.59 Å². The Morgan fingerprint density at radius 3 is 2.87 bits per heavy atom. The normalized spacial score (nSPS) is 25.2. The largest absolute Gasteiger partial charge is 0.340 e. The number of hydrogen-bond donors (Lipinski definition) is 0. The summed E-state index contributed by atoms with van der Waals surface area (Å²) in [7, 11) is 1.87. The first-order valence-electron chi connectivity index (χ1n) is 4.87. The second-order valence-corrected chi connectivity index (χ2v) is 3.88.